The van der Waals surface area contributed by atoms with Crippen molar-refractivity contribution in [3.8, 4) is 0 Å². The van der Waals surface area contributed by atoms with Crippen LogP contribution in [-0.4, -0.2) is 20.1 Å². The van der Waals surface area contributed by atoms with Crippen LogP contribution in [0, 0.1) is 5.82 Å². The van der Waals surface area contributed by atoms with Gasteiger partial charge in [0.15, 0.2) is 0 Å². The molecule has 2 rings (SSSR count). The van der Waals surface area contributed by atoms with E-state index in [-0.39, 0.29) is 24.4 Å². The van der Waals surface area contributed by atoms with Crippen LogP contribution in [0.2, 0.25) is 0 Å². The molecule has 23 heavy (non-hydrogen) atoms. The molecule has 2 aromatic rings. The predicted octanol–water partition coefficient (Wildman–Crippen LogP) is 3.45. The summed E-state index contributed by atoms with van der Waals surface area (Å²) in [5.74, 6) is -0.299. The minimum Gasteiger partial charge on any atom is -0.375 e. The summed E-state index contributed by atoms with van der Waals surface area (Å²) in [6.07, 6.45) is 0. The van der Waals surface area contributed by atoms with Crippen molar-refractivity contribution in [2.24, 2.45) is 0 Å². The first-order valence-corrected chi connectivity index (χ1v) is 7.52. The van der Waals surface area contributed by atoms with Gasteiger partial charge in [0.1, 0.15) is 5.82 Å². The number of amides is 2. The zero-order chi connectivity index (χ0) is 16.8. The van der Waals surface area contributed by atoms with Gasteiger partial charge in [-0.2, -0.15) is 0 Å². The number of hydrogen-bond donors (Lipinski definition) is 2. The van der Waals surface area contributed by atoms with Crippen LogP contribution in [0.15, 0.2) is 48.5 Å². The van der Waals surface area contributed by atoms with Crippen LogP contribution < -0.4 is 15.5 Å². The van der Waals surface area contributed by atoms with E-state index in [1.807, 2.05) is 37.3 Å². The molecule has 5 heteroatoms. The molecule has 0 heterocycles. The van der Waals surface area contributed by atoms with Crippen molar-refractivity contribution in [2.45, 2.75) is 19.5 Å². The van der Waals surface area contributed by atoms with E-state index < -0.39 is 0 Å². The Hall–Kier alpha value is -2.56. The highest BCUT2D eigenvalue weighted by Crippen LogP contribution is 2.18. The number of carbonyl (C=O) groups excluding carboxylic acids is 1. The normalized spacial score (nSPS) is 11.7. The zero-order valence-electron chi connectivity index (χ0n) is 13.6. The number of halogens is 1. The topological polar surface area (TPSA) is 44.4 Å². The summed E-state index contributed by atoms with van der Waals surface area (Å²) in [4.78, 5) is 13.6. The first-order chi connectivity index (χ1) is 11.0. The lowest BCUT2D eigenvalue weighted by molar-refractivity contribution is 0.237. The number of benzene rings is 2. The summed E-state index contributed by atoms with van der Waals surface area (Å²) in [5, 5.41) is 5.60. The maximum absolute atomic E-state index is 13.9. The van der Waals surface area contributed by atoms with Gasteiger partial charge in [-0.3, -0.25) is 0 Å². The molecule has 0 fully saturated rings. The fraction of sp³-hybridized carbons (Fsp3) is 0.278. The molecule has 0 aromatic heterocycles. The second kappa shape index (κ2) is 7.63. The number of nitrogens with one attached hydrogen (secondary N) is 2. The Morgan fingerprint density at radius 1 is 1.17 bits per heavy atom. The molecule has 4 nitrogen and oxygen atoms in total. The van der Waals surface area contributed by atoms with E-state index >= 15 is 0 Å². The Kier molecular flexibility index (Phi) is 5.57. The number of carbonyl (C=O) groups is 1. The molecule has 0 aliphatic heterocycles. The van der Waals surface area contributed by atoms with Gasteiger partial charge in [0.2, 0.25) is 0 Å². The largest absolute Gasteiger partial charge is 0.375 e. The fourth-order valence-electron chi connectivity index (χ4n) is 2.28. The molecule has 122 valence electrons. The van der Waals surface area contributed by atoms with Crippen molar-refractivity contribution in [3.63, 3.8) is 0 Å². The maximum Gasteiger partial charge on any atom is 0.315 e. The summed E-state index contributed by atoms with van der Waals surface area (Å²) in [6.45, 7) is 2.19. The molecule has 2 N–H and O–H groups in total. The van der Waals surface area contributed by atoms with Crippen LogP contribution in [0.3, 0.4) is 0 Å². The molecular weight excluding hydrogens is 293 g/mol. The Morgan fingerprint density at radius 3 is 2.48 bits per heavy atom. The van der Waals surface area contributed by atoms with Crippen molar-refractivity contribution < 1.29 is 9.18 Å². The van der Waals surface area contributed by atoms with E-state index in [1.165, 1.54) is 6.07 Å². The van der Waals surface area contributed by atoms with E-state index in [4.69, 9.17) is 0 Å². The minimum absolute atomic E-state index is 0.0935. The van der Waals surface area contributed by atoms with E-state index in [0.29, 0.717) is 5.69 Å². The van der Waals surface area contributed by atoms with Gasteiger partial charge in [0.25, 0.3) is 0 Å². The summed E-state index contributed by atoms with van der Waals surface area (Å²) in [6, 6.07) is 14.3. The molecule has 0 aliphatic carbocycles. The lowest BCUT2D eigenvalue weighted by atomic mass is 10.1. The molecule has 0 radical (unpaired) electrons. The van der Waals surface area contributed by atoms with Gasteiger partial charge in [-0.05, 0) is 30.2 Å². The SMILES string of the molecule is CC(NC(=O)NCc1ccc(N(C)C)c(F)c1)c1ccccc1. The summed E-state index contributed by atoms with van der Waals surface area (Å²) in [5.41, 5.74) is 2.27. The van der Waals surface area contributed by atoms with Gasteiger partial charge >= 0.3 is 6.03 Å². The van der Waals surface area contributed by atoms with Gasteiger partial charge in [-0.15, -0.1) is 0 Å². The van der Waals surface area contributed by atoms with Crippen molar-refractivity contribution in [1.82, 2.24) is 10.6 Å². The lowest BCUT2D eigenvalue weighted by Crippen LogP contribution is -2.36. The van der Waals surface area contributed by atoms with Gasteiger partial charge in [0, 0.05) is 20.6 Å². The molecule has 1 atom stereocenters. The average Bonchev–Trinajstić information content (AvgIpc) is 2.53. The minimum atomic E-state index is -0.299. The quantitative estimate of drug-likeness (QED) is 0.887. The third-order valence-electron chi connectivity index (χ3n) is 3.59. The number of hydrogen-bond acceptors (Lipinski definition) is 2. The van der Waals surface area contributed by atoms with Crippen LogP contribution >= 0.6 is 0 Å². The Morgan fingerprint density at radius 2 is 1.87 bits per heavy atom. The first-order valence-electron chi connectivity index (χ1n) is 7.52. The monoisotopic (exact) mass is 315 g/mol. The van der Waals surface area contributed by atoms with Crippen LogP contribution in [0.1, 0.15) is 24.1 Å². The molecular formula is C18H22FN3O. The predicted molar refractivity (Wildman–Crippen MR) is 91.0 cm³/mol. The Balaban J connectivity index is 1.88. The molecule has 0 saturated carbocycles. The second-order valence-corrected chi connectivity index (χ2v) is 5.64. The van der Waals surface area contributed by atoms with Gasteiger partial charge in [-0.1, -0.05) is 36.4 Å². The summed E-state index contributed by atoms with van der Waals surface area (Å²) in [7, 11) is 3.57. The summed E-state index contributed by atoms with van der Waals surface area (Å²) >= 11 is 0. The highest BCUT2D eigenvalue weighted by Gasteiger charge is 2.09. The van der Waals surface area contributed by atoms with Crippen molar-refractivity contribution in [1.29, 1.82) is 0 Å². The standard InChI is InChI=1S/C18H22FN3O/c1-13(15-7-5-4-6-8-15)21-18(23)20-12-14-9-10-17(22(2)3)16(19)11-14/h4-11,13H,12H2,1-3H3,(H2,20,21,23). The Labute approximate surface area is 136 Å². The van der Waals surface area contributed by atoms with Crippen molar-refractivity contribution in [3.05, 3.63) is 65.5 Å². The maximum atomic E-state index is 13.9. The fourth-order valence-corrected chi connectivity index (χ4v) is 2.28. The third-order valence-corrected chi connectivity index (χ3v) is 3.59. The highest BCUT2D eigenvalue weighted by molar-refractivity contribution is 5.74. The van der Waals surface area contributed by atoms with Gasteiger partial charge in [0.05, 0.1) is 11.7 Å². The van der Waals surface area contributed by atoms with Crippen molar-refractivity contribution in [2.75, 3.05) is 19.0 Å². The number of nitrogens with zero attached hydrogens (tertiary/aromatic N) is 1. The number of urea groups is 1. The molecule has 0 aliphatic rings. The number of rotatable bonds is 5. The van der Waals surface area contributed by atoms with Crippen LogP contribution in [0.25, 0.3) is 0 Å². The average molecular weight is 315 g/mol. The first kappa shape index (κ1) is 16.8. The second-order valence-electron chi connectivity index (χ2n) is 5.64. The third kappa shape index (κ3) is 4.71. The van der Waals surface area contributed by atoms with Gasteiger partial charge < -0.3 is 15.5 Å². The van der Waals surface area contributed by atoms with Crippen LogP contribution in [-0.2, 0) is 6.54 Å². The molecule has 0 bridgehead atoms. The van der Waals surface area contributed by atoms with Crippen molar-refractivity contribution >= 4 is 11.7 Å². The van der Waals surface area contributed by atoms with E-state index in [2.05, 4.69) is 10.6 Å². The Bertz CT molecular complexity index is 659. The van der Waals surface area contributed by atoms with Crippen LogP contribution in [0.4, 0.5) is 14.9 Å². The lowest BCUT2D eigenvalue weighted by Gasteiger charge is -2.16. The number of anilines is 1. The molecule has 2 amide bonds. The molecule has 1 unspecified atom stereocenters. The van der Waals surface area contributed by atoms with E-state index in [1.54, 1.807) is 31.1 Å². The summed E-state index contributed by atoms with van der Waals surface area (Å²) < 4.78 is 13.9. The van der Waals surface area contributed by atoms with E-state index in [0.717, 1.165) is 11.1 Å². The molecule has 0 saturated heterocycles. The van der Waals surface area contributed by atoms with Gasteiger partial charge in [-0.25, -0.2) is 9.18 Å². The smallest absolute Gasteiger partial charge is 0.315 e. The molecule has 0 spiro atoms. The molecule has 2 aromatic carbocycles. The highest BCUT2D eigenvalue weighted by atomic mass is 19.1. The van der Waals surface area contributed by atoms with E-state index in [9.17, 15) is 9.18 Å². The zero-order valence-corrected chi connectivity index (χ0v) is 13.6. The van der Waals surface area contributed by atoms with Crippen LogP contribution in [0.5, 0.6) is 0 Å².